The number of hydrogen-bond acceptors (Lipinski definition) is 5. The van der Waals surface area contributed by atoms with Crippen molar-refractivity contribution < 1.29 is 0 Å². The molecule has 0 aromatic carbocycles. The van der Waals surface area contributed by atoms with Crippen molar-refractivity contribution in [2.24, 2.45) is 0 Å². The van der Waals surface area contributed by atoms with Crippen molar-refractivity contribution >= 4 is 16.5 Å². The second-order valence-corrected chi connectivity index (χ2v) is 6.28. The first kappa shape index (κ1) is 12.4. The predicted molar refractivity (Wildman–Crippen MR) is 76.3 cm³/mol. The van der Waals surface area contributed by atoms with Crippen molar-refractivity contribution in [3.05, 3.63) is 11.1 Å². The van der Waals surface area contributed by atoms with Gasteiger partial charge in [0, 0.05) is 37.1 Å². The molecule has 2 saturated heterocycles. The van der Waals surface area contributed by atoms with Crippen LogP contribution in [0.25, 0.3) is 0 Å². The van der Waals surface area contributed by atoms with Crippen molar-refractivity contribution in [1.29, 1.82) is 0 Å². The lowest BCUT2D eigenvalue weighted by molar-refractivity contribution is 0.203. The summed E-state index contributed by atoms with van der Waals surface area (Å²) in [5, 5.41) is 6.55. The first-order valence-corrected chi connectivity index (χ1v) is 7.75. The van der Waals surface area contributed by atoms with Crippen LogP contribution in [0.15, 0.2) is 5.38 Å². The molecule has 3 heterocycles. The minimum absolute atomic E-state index is 0.591. The van der Waals surface area contributed by atoms with Crippen LogP contribution < -0.4 is 10.2 Å². The molecule has 4 nitrogen and oxygen atoms in total. The van der Waals surface area contributed by atoms with E-state index >= 15 is 0 Å². The van der Waals surface area contributed by atoms with E-state index in [9.17, 15) is 0 Å². The van der Waals surface area contributed by atoms with E-state index in [0.29, 0.717) is 6.04 Å². The fraction of sp³-hybridized carbons (Fsp3) is 0.769. The van der Waals surface area contributed by atoms with Gasteiger partial charge in [0.15, 0.2) is 5.13 Å². The zero-order valence-corrected chi connectivity index (χ0v) is 12.0. The van der Waals surface area contributed by atoms with E-state index in [-0.39, 0.29) is 0 Å². The van der Waals surface area contributed by atoms with Crippen molar-refractivity contribution in [2.45, 2.75) is 38.4 Å². The Kier molecular flexibility index (Phi) is 3.54. The highest BCUT2D eigenvalue weighted by atomic mass is 32.1. The van der Waals surface area contributed by atoms with Gasteiger partial charge in [-0.05, 0) is 33.4 Å². The Morgan fingerprint density at radius 3 is 3.22 bits per heavy atom. The Bertz CT molecular complexity index is 405. The number of nitrogens with zero attached hydrogens (tertiary/aromatic N) is 3. The lowest BCUT2D eigenvalue weighted by Gasteiger charge is -2.42. The Morgan fingerprint density at radius 1 is 1.50 bits per heavy atom. The number of rotatable bonds is 3. The molecule has 1 aromatic rings. The van der Waals surface area contributed by atoms with Gasteiger partial charge in [0.2, 0.25) is 0 Å². The number of aromatic nitrogens is 1. The van der Waals surface area contributed by atoms with Crippen molar-refractivity contribution in [2.75, 3.05) is 31.6 Å². The van der Waals surface area contributed by atoms with Crippen molar-refractivity contribution in [1.82, 2.24) is 15.2 Å². The van der Waals surface area contributed by atoms with Gasteiger partial charge in [-0.15, -0.1) is 11.3 Å². The van der Waals surface area contributed by atoms with Crippen molar-refractivity contribution in [3.8, 4) is 0 Å². The first-order chi connectivity index (χ1) is 8.78. The summed E-state index contributed by atoms with van der Waals surface area (Å²) in [5.41, 5.74) is 1.17. The van der Waals surface area contributed by atoms with Crippen LogP contribution in [-0.4, -0.2) is 48.6 Å². The second kappa shape index (κ2) is 5.15. The quantitative estimate of drug-likeness (QED) is 0.899. The molecule has 0 radical (unpaired) electrons. The van der Waals surface area contributed by atoms with Crippen LogP contribution in [0.5, 0.6) is 0 Å². The molecule has 0 bridgehead atoms. The van der Waals surface area contributed by atoms with E-state index in [0.717, 1.165) is 19.1 Å². The Hall–Kier alpha value is -0.650. The van der Waals surface area contributed by atoms with Gasteiger partial charge < -0.3 is 10.2 Å². The van der Waals surface area contributed by atoms with Crippen LogP contribution in [0.2, 0.25) is 0 Å². The summed E-state index contributed by atoms with van der Waals surface area (Å²) in [6.45, 7) is 6.85. The van der Waals surface area contributed by atoms with E-state index in [1.54, 1.807) is 11.3 Å². The van der Waals surface area contributed by atoms with Crippen LogP contribution in [0.1, 0.15) is 25.5 Å². The summed E-state index contributed by atoms with van der Waals surface area (Å²) in [6.07, 6.45) is 2.73. The minimum Gasteiger partial charge on any atom is -0.343 e. The lowest BCUT2D eigenvalue weighted by Crippen LogP contribution is -2.55. The molecular weight excluding hydrogens is 244 g/mol. The van der Waals surface area contributed by atoms with Gasteiger partial charge in [-0.3, -0.25) is 4.90 Å². The molecule has 3 rings (SSSR count). The van der Waals surface area contributed by atoms with E-state index in [2.05, 4.69) is 27.4 Å². The summed E-state index contributed by atoms with van der Waals surface area (Å²) in [4.78, 5) is 9.92. The molecule has 100 valence electrons. The number of anilines is 1. The maximum Gasteiger partial charge on any atom is 0.185 e. The summed E-state index contributed by atoms with van der Waals surface area (Å²) in [5.74, 6) is 0. The number of piperazine rings is 1. The topological polar surface area (TPSA) is 31.4 Å². The van der Waals surface area contributed by atoms with E-state index < -0.39 is 0 Å². The largest absolute Gasteiger partial charge is 0.343 e. The standard InChI is InChI=1S/C13H22N4S/c1-10-7-16-5-3-4-12(16)8-17(10)13-15-11(6-14-2)9-18-13/h9-10,12,14H,3-8H2,1-2H3. The molecule has 2 aliphatic heterocycles. The SMILES string of the molecule is CNCc1csc(N2CC3CCCN3CC2C)n1. The Morgan fingerprint density at radius 2 is 2.39 bits per heavy atom. The fourth-order valence-corrected chi connectivity index (χ4v) is 4.08. The van der Waals surface area contributed by atoms with Gasteiger partial charge in [0.1, 0.15) is 0 Å². The fourth-order valence-electron chi connectivity index (χ4n) is 3.14. The van der Waals surface area contributed by atoms with Crippen LogP contribution >= 0.6 is 11.3 Å². The van der Waals surface area contributed by atoms with Crippen LogP contribution in [0.3, 0.4) is 0 Å². The van der Waals surface area contributed by atoms with Crippen LogP contribution in [0, 0.1) is 0 Å². The molecule has 0 spiro atoms. The molecule has 18 heavy (non-hydrogen) atoms. The predicted octanol–water partition coefficient (Wildman–Crippen LogP) is 1.54. The summed E-state index contributed by atoms with van der Waals surface area (Å²) < 4.78 is 0. The van der Waals surface area contributed by atoms with E-state index in [4.69, 9.17) is 4.98 Å². The van der Waals surface area contributed by atoms with Crippen LogP contribution in [0.4, 0.5) is 5.13 Å². The third-order valence-corrected chi connectivity index (χ3v) is 5.01. The third-order valence-electron chi connectivity index (χ3n) is 4.08. The zero-order chi connectivity index (χ0) is 12.5. The highest BCUT2D eigenvalue weighted by Gasteiger charge is 2.35. The van der Waals surface area contributed by atoms with Gasteiger partial charge in [-0.1, -0.05) is 0 Å². The summed E-state index contributed by atoms with van der Waals surface area (Å²) >= 11 is 1.79. The second-order valence-electron chi connectivity index (χ2n) is 5.44. The molecule has 5 heteroatoms. The highest BCUT2D eigenvalue weighted by molar-refractivity contribution is 7.13. The number of thiazole rings is 1. The normalized spacial score (nSPS) is 28.7. The number of fused-ring (bicyclic) bond motifs is 1. The monoisotopic (exact) mass is 266 g/mol. The molecule has 1 aromatic heterocycles. The number of nitrogens with one attached hydrogen (secondary N) is 1. The lowest BCUT2D eigenvalue weighted by atomic mass is 10.1. The van der Waals surface area contributed by atoms with Gasteiger partial charge in [-0.2, -0.15) is 0 Å². The maximum absolute atomic E-state index is 4.75. The Labute approximate surface area is 113 Å². The molecule has 0 saturated carbocycles. The molecule has 2 aliphatic rings. The molecule has 2 atom stereocenters. The average Bonchev–Trinajstić information content (AvgIpc) is 2.96. The summed E-state index contributed by atoms with van der Waals surface area (Å²) in [7, 11) is 1.97. The van der Waals surface area contributed by atoms with Gasteiger partial charge >= 0.3 is 0 Å². The smallest absolute Gasteiger partial charge is 0.185 e. The maximum atomic E-state index is 4.75. The molecule has 1 N–H and O–H groups in total. The molecule has 2 unspecified atom stereocenters. The molecular formula is C13H22N4S. The third kappa shape index (κ3) is 2.27. The van der Waals surface area contributed by atoms with E-state index in [1.165, 1.54) is 36.8 Å². The molecule has 0 aliphatic carbocycles. The van der Waals surface area contributed by atoms with Crippen molar-refractivity contribution in [3.63, 3.8) is 0 Å². The summed E-state index contributed by atoms with van der Waals surface area (Å²) in [6, 6.07) is 1.35. The Balaban J connectivity index is 1.73. The van der Waals surface area contributed by atoms with Gasteiger partial charge in [0.05, 0.1) is 5.69 Å². The average molecular weight is 266 g/mol. The minimum atomic E-state index is 0.591. The van der Waals surface area contributed by atoms with E-state index in [1.807, 2.05) is 7.05 Å². The number of hydrogen-bond donors (Lipinski definition) is 1. The van der Waals surface area contributed by atoms with Gasteiger partial charge in [0.25, 0.3) is 0 Å². The first-order valence-electron chi connectivity index (χ1n) is 6.87. The highest BCUT2D eigenvalue weighted by Crippen LogP contribution is 2.30. The molecule has 2 fully saturated rings. The van der Waals surface area contributed by atoms with Crippen LogP contribution in [-0.2, 0) is 6.54 Å². The molecule has 0 amide bonds. The van der Waals surface area contributed by atoms with Gasteiger partial charge in [-0.25, -0.2) is 4.98 Å². The zero-order valence-electron chi connectivity index (χ0n) is 11.2.